The van der Waals surface area contributed by atoms with Gasteiger partial charge in [-0.15, -0.1) is 0 Å². The maximum Gasteiger partial charge on any atom is 2.00 e. The Bertz CT molecular complexity index is 1320. The molecule has 0 amide bonds. The fourth-order valence-corrected chi connectivity index (χ4v) is 8.99. The van der Waals surface area contributed by atoms with Crippen molar-refractivity contribution in [1.29, 1.82) is 10.5 Å². The number of nitrogens with zero attached hydrogens (tertiary/aromatic N) is 4. The summed E-state index contributed by atoms with van der Waals surface area (Å²) in [5.41, 5.74) is 2.67. The molecule has 320 valence electrons. The van der Waals surface area contributed by atoms with Gasteiger partial charge in [0.15, 0.2) is 0 Å². The van der Waals surface area contributed by atoms with E-state index < -0.39 is 16.2 Å². The molecule has 0 aromatic heterocycles. The van der Waals surface area contributed by atoms with Crippen molar-refractivity contribution in [3.63, 3.8) is 0 Å². The first-order chi connectivity index (χ1) is 26.5. The predicted molar refractivity (Wildman–Crippen MR) is 234 cm³/mol. The first-order valence-corrected chi connectivity index (χ1v) is 22.5. The summed E-state index contributed by atoms with van der Waals surface area (Å²) in [4.78, 5) is 0. The summed E-state index contributed by atoms with van der Waals surface area (Å²) in [6.45, 7) is 18.8. The molecule has 0 spiro atoms. The van der Waals surface area contributed by atoms with Gasteiger partial charge in [-0.25, -0.2) is 57.9 Å². The van der Waals surface area contributed by atoms with Crippen LogP contribution in [0.2, 0.25) is 0 Å². The van der Waals surface area contributed by atoms with Crippen LogP contribution in [0, 0.1) is 22.7 Å². The fourth-order valence-electron chi connectivity index (χ4n) is 5.01. The van der Waals surface area contributed by atoms with Crippen LogP contribution in [0.4, 0.5) is 0 Å². The fraction of sp³-hybridized carbons (Fsp3) is 0.500. The molecule has 4 rings (SSSR count). The Morgan fingerprint density at radius 3 is 1.35 bits per heavy atom. The van der Waals surface area contributed by atoms with Gasteiger partial charge in [-0.1, -0.05) is 0 Å². The van der Waals surface area contributed by atoms with Gasteiger partial charge in [-0.2, -0.15) is 82.3 Å². The Morgan fingerprint density at radius 1 is 0.614 bits per heavy atom. The van der Waals surface area contributed by atoms with Crippen molar-refractivity contribution >= 4 is 27.4 Å². The SMILES string of the molecule is CC(C)N(C(C)C)P(Cl)OCCC#N.CC(C)N(C(C)C)P(OCCC#N)OCCCc1ccc[cH-]1.OCCCc1ccc[cH-]1.[Fe+2].[Fe+2].c1cc[cH-]c1.c1cc[cH-]c1. The number of rotatable bonds is 20. The molecule has 13 heteroatoms. The summed E-state index contributed by atoms with van der Waals surface area (Å²) in [7, 11) is -2.18. The van der Waals surface area contributed by atoms with Crippen LogP contribution in [-0.4, -0.2) is 65.0 Å². The van der Waals surface area contributed by atoms with E-state index in [9.17, 15) is 0 Å². The van der Waals surface area contributed by atoms with Gasteiger partial charge in [0, 0.05) is 30.8 Å². The van der Waals surface area contributed by atoms with Crippen LogP contribution in [-0.2, 0) is 60.6 Å². The van der Waals surface area contributed by atoms with E-state index in [1.54, 1.807) is 0 Å². The molecule has 0 heterocycles. The second kappa shape index (κ2) is 41.1. The third kappa shape index (κ3) is 32.8. The minimum atomic E-state index is -1.10. The molecule has 0 bridgehead atoms. The molecule has 1 N–H and O–H groups in total. The van der Waals surface area contributed by atoms with Crippen molar-refractivity contribution in [1.82, 2.24) is 9.34 Å². The molecular weight excluding hydrogens is 858 g/mol. The summed E-state index contributed by atoms with van der Waals surface area (Å²) in [5, 5.41) is 25.5. The minimum Gasteiger partial charge on any atom is -0.396 e. The second-order valence-electron chi connectivity index (χ2n) is 13.4. The largest absolute Gasteiger partial charge is 2.00 e. The Hall–Kier alpha value is -1.67. The minimum absolute atomic E-state index is 0. The Morgan fingerprint density at radius 2 is 1.02 bits per heavy atom. The van der Waals surface area contributed by atoms with Crippen LogP contribution in [0.3, 0.4) is 0 Å². The number of aryl methyl sites for hydroxylation is 2. The number of hydrogen-bond acceptors (Lipinski definition) is 8. The van der Waals surface area contributed by atoms with Crippen LogP contribution >= 0.6 is 27.4 Å². The van der Waals surface area contributed by atoms with Gasteiger partial charge in [-0.3, -0.25) is 0 Å². The zero-order chi connectivity index (χ0) is 41.1. The summed E-state index contributed by atoms with van der Waals surface area (Å²) in [5.74, 6) is 0. The monoisotopic (exact) mass is 924 g/mol. The van der Waals surface area contributed by atoms with E-state index in [2.05, 4.69) is 107 Å². The molecule has 0 aliphatic rings. The number of nitriles is 2. The average Bonchev–Trinajstić information content (AvgIpc) is 4.00. The third-order valence-corrected chi connectivity index (χ3v) is 11.9. The van der Waals surface area contributed by atoms with Crippen LogP contribution < -0.4 is 0 Å². The zero-order valence-electron chi connectivity index (χ0n) is 35.2. The standard InChI is InChI=1S/C17H28N2O2P.C9H18ClN2OP.C8H11O.2C5H5.2Fe/c1-15(2)19(16(3)4)22(21-14-8-12-18)20-13-7-11-17-9-5-6-10-17;1-8(2)12(9(3)4)14(10)13-7-5-6-11;9-7-3-6-8-4-1-2-5-8;2*1-2-4-5-3-1;;/h5-6,9-10,15-16H,7-8,11,13-14H2,1-4H3;8-9H,5,7H2,1-4H3;1-2,4-5,9H,3,6-7H2;2*1-5H;;/q-1;;3*-1;2*+2. The van der Waals surface area contributed by atoms with Crippen molar-refractivity contribution in [2.45, 2.75) is 118 Å². The number of aliphatic hydroxyl groups excluding tert-OH is 1. The van der Waals surface area contributed by atoms with Gasteiger partial charge in [0.1, 0.15) is 0 Å². The van der Waals surface area contributed by atoms with Crippen LogP contribution in [0.25, 0.3) is 0 Å². The van der Waals surface area contributed by atoms with Gasteiger partial charge in [0.2, 0.25) is 7.65 Å². The third-order valence-electron chi connectivity index (χ3n) is 7.32. The summed E-state index contributed by atoms with van der Waals surface area (Å²) >= 11 is 6.13. The number of halogens is 1. The molecule has 2 atom stereocenters. The van der Waals surface area contributed by atoms with Crippen molar-refractivity contribution < 1.29 is 52.8 Å². The maximum absolute atomic E-state index is 8.68. The molecule has 2 unspecified atom stereocenters. The normalized spacial score (nSPS) is 11.3. The molecule has 0 fully saturated rings. The Balaban J connectivity index is -0.000000708. The smallest absolute Gasteiger partial charge is 0.396 e. The van der Waals surface area contributed by atoms with Crippen molar-refractivity contribution in [3.8, 4) is 12.1 Å². The van der Waals surface area contributed by atoms with E-state index in [1.807, 2.05) is 78.9 Å². The first kappa shape index (κ1) is 59.6. The van der Waals surface area contributed by atoms with Crippen LogP contribution in [0.15, 0.2) is 109 Å². The molecule has 0 saturated heterocycles. The molecule has 0 saturated carbocycles. The van der Waals surface area contributed by atoms with E-state index in [4.69, 9.17) is 40.4 Å². The van der Waals surface area contributed by atoms with E-state index in [1.165, 1.54) is 11.1 Å². The summed E-state index contributed by atoms with van der Waals surface area (Å²) in [6.07, 6.45) is 4.69. The Kier molecular flexibility index (Phi) is 43.0. The van der Waals surface area contributed by atoms with E-state index >= 15 is 0 Å². The zero-order valence-corrected chi connectivity index (χ0v) is 40.0. The van der Waals surface area contributed by atoms with Crippen LogP contribution in [0.5, 0.6) is 0 Å². The van der Waals surface area contributed by atoms with E-state index in [0.29, 0.717) is 63.4 Å². The van der Waals surface area contributed by atoms with Crippen molar-refractivity contribution in [2.24, 2.45) is 0 Å². The van der Waals surface area contributed by atoms with Gasteiger partial charge in [0.25, 0.3) is 8.53 Å². The van der Waals surface area contributed by atoms with Crippen molar-refractivity contribution in [3.05, 3.63) is 120 Å². The topological polar surface area (TPSA) is 102 Å². The number of aliphatic hydroxyl groups is 1. The summed E-state index contributed by atoms with van der Waals surface area (Å²) < 4.78 is 21.7. The first-order valence-electron chi connectivity index (χ1n) is 19.3. The van der Waals surface area contributed by atoms with Crippen LogP contribution in [0.1, 0.15) is 92.2 Å². The summed E-state index contributed by atoms with van der Waals surface area (Å²) in [6, 6.07) is 42.2. The quantitative estimate of drug-likeness (QED) is 0.0405. The molecule has 4 aromatic carbocycles. The molecule has 8 nitrogen and oxygen atoms in total. The Labute approximate surface area is 374 Å². The van der Waals surface area contributed by atoms with Gasteiger partial charge >= 0.3 is 34.1 Å². The second-order valence-corrected chi connectivity index (χ2v) is 16.9. The average molecular weight is 925 g/mol. The van der Waals surface area contributed by atoms with Crippen molar-refractivity contribution in [2.75, 3.05) is 26.4 Å². The predicted octanol–water partition coefficient (Wildman–Crippen LogP) is 12.3. The molecule has 0 aliphatic heterocycles. The van der Waals surface area contributed by atoms with E-state index in [0.717, 1.165) is 25.7 Å². The molecule has 0 aliphatic carbocycles. The maximum atomic E-state index is 8.68. The number of hydrogen-bond donors (Lipinski definition) is 1. The molecule has 0 radical (unpaired) electrons. The van der Waals surface area contributed by atoms with Gasteiger partial charge in [-0.05, 0) is 92.3 Å². The van der Waals surface area contributed by atoms with Gasteiger partial charge in [0.05, 0.1) is 44.8 Å². The van der Waals surface area contributed by atoms with E-state index in [-0.39, 0.29) is 34.1 Å². The molecule has 4 aromatic rings. The van der Waals surface area contributed by atoms with Gasteiger partial charge < -0.3 is 18.7 Å². The molecular formula is C44H67ClFe2N4O4P2. The molecule has 57 heavy (non-hydrogen) atoms.